The predicted molar refractivity (Wildman–Crippen MR) is 84.1 cm³/mol. The van der Waals surface area contributed by atoms with Crippen LogP contribution in [0.4, 0.5) is 4.79 Å². The molecule has 0 atom stereocenters. The summed E-state index contributed by atoms with van der Waals surface area (Å²) in [5.41, 5.74) is -0.512. The number of rotatable bonds is 6. The molecule has 0 aliphatic heterocycles. The quantitative estimate of drug-likeness (QED) is 0.351. The number of likely N-dealkylation sites (N-methyl/N-ethyl adjacent to an activating group) is 1. The molecule has 0 aromatic rings. The number of carbonyl (C=O) groups excluding carboxylic acids is 1. The molecule has 0 aliphatic rings. The van der Waals surface area contributed by atoms with E-state index in [4.69, 9.17) is 21.2 Å². The Bertz CT molecular complexity index is 393. The summed E-state index contributed by atoms with van der Waals surface area (Å²) < 4.78 is 5.13. The maximum Gasteiger partial charge on any atom is 0.407 e. The lowest BCUT2D eigenvalue weighted by Crippen LogP contribution is -2.36. The number of carbonyl (C=O) groups is 1. The first-order valence-electron chi connectivity index (χ1n) is 6.45. The molecule has 7 nitrogen and oxygen atoms in total. The average molecular weight is 321 g/mol. The van der Waals surface area contributed by atoms with Gasteiger partial charge in [-0.3, -0.25) is 4.84 Å². The molecule has 0 radical (unpaired) electrons. The van der Waals surface area contributed by atoms with Gasteiger partial charge in [-0.25, -0.2) is 14.9 Å². The summed E-state index contributed by atoms with van der Waals surface area (Å²) in [4.78, 5) is 22.2. The third-order valence-corrected chi connectivity index (χ3v) is 2.63. The molecule has 0 rings (SSSR count). The molecular weight excluding hydrogens is 296 g/mol. The molecular formula is C13H25ClN4O3. The number of hydrogen-bond donors (Lipinski definition) is 1. The van der Waals surface area contributed by atoms with Gasteiger partial charge in [-0.15, -0.1) is 0 Å². The fourth-order valence-electron chi connectivity index (χ4n) is 1.11. The maximum absolute atomic E-state index is 11.5. The van der Waals surface area contributed by atoms with Crippen molar-refractivity contribution in [3.63, 3.8) is 0 Å². The summed E-state index contributed by atoms with van der Waals surface area (Å²) in [5, 5.41) is 4.12. The lowest BCUT2D eigenvalue weighted by atomic mass is 10.2. The summed E-state index contributed by atoms with van der Waals surface area (Å²) >= 11 is 5.90. The van der Waals surface area contributed by atoms with Crippen LogP contribution in [0.3, 0.4) is 0 Å². The highest BCUT2D eigenvalue weighted by atomic mass is 35.5. The highest BCUT2D eigenvalue weighted by Crippen LogP contribution is 2.07. The lowest BCUT2D eigenvalue weighted by Gasteiger charge is -2.22. The van der Waals surface area contributed by atoms with Crippen LogP contribution in [0, 0.1) is 0 Å². The molecule has 21 heavy (non-hydrogen) atoms. The molecule has 0 aromatic carbocycles. The second-order valence-electron chi connectivity index (χ2n) is 5.33. The lowest BCUT2D eigenvalue weighted by molar-refractivity contribution is -0.0389. The molecule has 0 unspecified atom stereocenters. The van der Waals surface area contributed by atoms with Crippen LogP contribution >= 0.6 is 11.6 Å². The molecule has 122 valence electrons. The normalized spacial score (nSPS) is 11.9. The van der Waals surface area contributed by atoms with Crippen molar-refractivity contribution in [3.05, 3.63) is 12.4 Å². The van der Waals surface area contributed by atoms with Gasteiger partial charge < -0.3 is 15.0 Å². The minimum absolute atomic E-state index is 0.162. The highest BCUT2D eigenvalue weighted by Gasteiger charge is 2.15. The molecule has 8 heteroatoms. The third kappa shape index (κ3) is 9.14. The van der Waals surface area contributed by atoms with Crippen LogP contribution in [0.5, 0.6) is 0 Å². The number of alkyl carbamates (subject to hydrolysis) is 1. The van der Waals surface area contributed by atoms with Gasteiger partial charge in [-0.05, 0) is 32.4 Å². The van der Waals surface area contributed by atoms with E-state index in [2.05, 4.69) is 16.9 Å². The van der Waals surface area contributed by atoms with E-state index >= 15 is 0 Å². The van der Waals surface area contributed by atoms with Crippen LogP contribution < -0.4 is 5.32 Å². The van der Waals surface area contributed by atoms with E-state index in [0.29, 0.717) is 18.9 Å². The number of nitrogens with one attached hydrogen (secondary N) is 1. The fraction of sp³-hybridized carbons (Fsp3) is 0.692. The Morgan fingerprint density at radius 3 is 2.43 bits per heavy atom. The summed E-state index contributed by atoms with van der Waals surface area (Å²) in [6.07, 6.45) is -0.456. The number of aliphatic imine (C=N–C) groups is 1. The second kappa shape index (κ2) is 8.74. The van der Waals surface area contributed by atoms with Crippen LogP contribution in [-0.2, 0) is 9.57 Å². The van der Waals surface area contributed by atoms with Gasteiger partial charge in [-0.2, -0.15) is 0 Å². The SMILES string of the molecule is C=C(/N=C(/Cl)N(C)OC)N(C)CCNC(=O)OC(C)(C)C. The number of hydrogen-bond acceptors (Lipinski definition) is 5. The van der Waals surface area contributed by atoms with Gasteiger partial charge >= 0.3 is 6.09 Å². The van der Waals surface area contributed by atoms with Crippen molar-refractivity contribution < 1.29 is 14.4 Å². The van der Waals surface area contributed by atoms with Crippen molar-refractivity contribution in [3.8, 4) is 0 Å². The van der Waals surface area contributed by atoms with Gasteiger partial charge in [0.1, 0.15) is 11.4 Å². The van der Waals surface area contributed by atoms with Gasteiger partial charge in [0, 0.05) is 27.2 Å². The largest absolute Gasteiger partial charge is 0.444 e. The van der Waals surface area contributed by atoms with E-state index in [1.54, 1.807) is 19.0 Å². The van der Waals surface area contributed by atoms with Crippen LogP contribution in [0.15, 0.2) is 17.4 Å². The fourth-order valence-corrected chi connectivity index (χ4v) is 1.27. The van der Waals surface area contributed by atoms with Crippen molar-refractivity contribution in [2.24, 2.45) is 4.99 Å². The Labute approximate surface area is 131 Å². The van der Waals surface area contributed by atoms with Gasteiger partial charge in [0.05, 0.1) is 7.11 Å². The average Bonchev–Trinajstić information content (AvgIpc) is 2.35. The summed E-state index contributed by atoms with van der Waals surface area (Å²) in [6.45, 7) is 10.1. The van der Waals surface area contributed by atoms with Gasteiger partial charge in [0.25, 0.3) is 0 Å². The summed E-state index contributed by atoms with van der Waals surface area (Å²) in [5.74, 6) is 0.454. The number of hydroxylamine groups is 2. The van der Waals surface area contributed by atoms with E-state index in [1.807, 2.05) is 20.8 Å². The molecule has 0 fully saturated rings. The van der Waals surface area contributed by atoms with E-state index in [0.717, 1.165) is 0 Å². The Balaban J connectivity index is 4.18. The van der Waals surface area contributed by atoms with Crippen LogP contribution in [-0.4, -0.2) is 61.2 Å². The topological polar surface area (TPSA) is 66.4 Å². The third-order valence-electron chi connectivity index (χ3n) is 2.31. The first-order valence-corrected chi connectivity index (χ1v) is 6.83. The number of halogens is 1. The van der Waals surface area contributed by atoms with Crippen molar-refractivity contribution in [1.82, 2.24) is 15.3 Å². The zero-order valence-corrected chi connectivity index (χ0v) is 14.3. The van der Waals surface area contributed by atoms with Crippen molar-refractivity contribution >= 4 is 23.0 Å². The second-order valence-corrected chi connectivity index (χ2v) is 5.67. The Morgan fingerprint density at radius 1 is 1.38 bits per heavy atom. The Morgan fingerprint density at radius 2 is 1.95 bits per heavy atom. The standard InChI is InChI=1S/C13H25ClN4O3/c1-10(16-11(14)18(6)20-7)17(5)9-8-15-12(19)21-13(2,3)4/h1,8-9H2,2-7H3,(H,15,19)/b16-11-. The first-order chi connectivity index (χ1) is 9.56. The molecule has 0 aromatic heterocycles. The van der Waals surface area contributed by atoms with Crippen LogP contribution in [0.25, 0.3) is 0 Å². The number of nitrogens with zero attached hydrogens (tertiary/aromatic N) is 3. The Kier molecular flexibility index (Phi) is 8.12. The molecule has 0 saturated carbocycles. The maximum atomic E-state index is 11.5. The number of ether oxygens (including phenoxy) is 1. The minimum atomic E-state index is -0.512. The van der Waals surface area contributed by atoms with Crippen molar-refractivity contribution in [2.75, 3.05) is 34.3 Å². The smallest absolute Gasteiger partial charge is 0.407 e. The molecule has 1 amide bonds. The van der Waals surface area contributed by atoms with Crippen molar-refractivity contribution in [2.45, 2.75) is 26.4 Å². The highest BCUT2D eigenvalue weighted by molar-refractivity contribution is 6.64. The zero-order chi connectivity index (χ0) is 16.6. The monoisotopic (exact) mass is 320 g/mol. The zero-order valence-electron chi connectivity index (χ0n) is 13.6. The van der Waals surface area contributed by atoms with Gasteiger partial charge in [-0.1, -0.05) is 6.58 Å². The molecule has 1 N–H and O–H groups in total. The molecule has 0 bridgehead atoms. The Hall–Kier alpha value is -1.47. The minimum Gasteiger partial charge on any atom is -0.444 e. The molecule has 0 saturated heterocycles. The van der Waals surface area contributed by atoms with E-state index in [1.165, 1.54) is 12.2 Å². The van der Waals surface area contributed by atoms with E-state index in [9.17, 15) is 4.79 Å². The summed E-state index contributed by atoms with van der Waals surface area (Å²) in [6, 6.07) is 0. The molecule has 0 spiro atoms. The van der Waals surface area contributed by atoms with Crippen molar-refractivity contribution in [1.29, 1.82) is 0 Å². The van der Waals surface area contributed by atoms with Gasteiger partial charge in [0.15, 0.2) is 0 Å². The van der Waals surface area contributed by atoms with E-state index < -0.39 is 11.7 Å². The van der Waals surface area contributed by atoms with E-state index in [-0.39, 0.29) is 5.29 Å². The molecule has 0 heterocycles. The van der Waals surface area contributed by atoms with Gasteiger partial charge in [0.2, 0.25) is 5.29 Å². The van der Waals surface area contributed by atoms with Crippen LogP contribution in [0.1, 0.15) is 20.8 Å². The molecule has 0 aliphatic carbocycles. The number of amides is 1. The first kappa shape index (κ1) is 19.5. The predicted octanol–water partition coefficient (Wildman–Crippen LogP) is 2.00. The summed E-state index contributed by atoms with van der Waals surface area (Å²) in [7, 11) is 4.90. The van der Waals surface area contributed by atoms with Crippen LogP contribution in [0.2, 0.25) is 0 Å². The number of amidine groups is 1.